The molecule has 0 aliphatic rings. The standard InChI is InChI=1S/C8H15N3/c1-5(2)7-6(3)10-11-8(7)9-4/h5H,1-4H3,(H2,9,10,11). The van der Waals surface area contributed by atoms with Gasteiger partial charge < -0.3 is 5.32 Å². The van der Waals surface area contributed by atoms with Gasteiger partial charge in [0.15, 0.2) is 5.82 Å². The Morgan fingerprint density at radius 2 is 2.09 bits per heavy atom. The summed E-state index contributed by atoms with van der Waals surface area (Å²) in [4.78, 5) is 0. The summed E-state index contributed by atoms with van der Waals surface area (Å²) in [5.74, 6) is 1.49. The van der Waals surface area contributed by atoms with Gasteiger partial charge in [0, 0.05) is 18.3 Å². The maximum absolute atomic E-state index is 4.12. The topological polar surface area (TPSA) is 40.7 Å². The van der Waals surface area contributed by atoms with Crippen LogP contribution in [0.15, 0.2) is 0 Å². The Hall–Kier alpha value is -0.990. The van der Waals surface area contributed by atoms with E-state index >= 15 is 0 Å². The molecule has 0 unspecified atom stereocenters. The van der Waals surface area contributed by atoms with Gasteiger partial charge in [-0.25, -0.2) is 0 Å². The lowest BCUT2D eigenvalue weighted by Crippen LogP contribution is -1.95. The molecule has 0 radical (unpaired) electrons. The Kier molecular flexibility index (Phi) is 2.17. The van der Waals surface area contributed by atoms with E-state index in [1.54, 1.807) is 0 Å². The van der Waals surface area contributed by atoms with E-state index in [2.05, 4.69) is 29.4 Å². The van der Waals surface area contributed by atoms with E-state index in [0.717, 1.165) is 11.5 Å². The van der Waals surface area contributed by atoms with E-state index in [0.29, 0.717) is 5.92 Å². The molecule has 0 aliphatic heterocycles. The van der Waals surface area contributed by atoms with E-state index in [1.807, 2.05) is 14.0 Å². The number of rotatable bonds is 2. The van der Waals surface area contributed by atoms with Crippen molar-refractivity contribution in [3.8, 4) is 0 Å². The van der Waals surface area contributed by atoms with Crippen LogP contribution in [-0.2, 0) is 0 Å². The van der Waals surface area contributed by atoms with Gasteiger partial charge in [-0.1, -0.05) is 13.8 Å². The highest BCUT2D eigenvalue weighted by molar-refractivity contribution is 5.47. The molecular weight excluding hydrogens is 138 g/mol. The minimum absolute atomic E-state index is 0.524. The van der Waals surface area contributed by atoms with Crippen molar-refractivity contribution in [1.29, 1.82) is 0 Å². The van der Waals surface area contributed by atoms with E-state index in [9.17, 15) is 0 Å². The average molecular weight is 153 g/mol. The molecule has 0 spiro atoms. The van der Waals surface area contributed by atoms with Gasteiger partial charge in [-0.3, -0.25) is 5.10 Å². The second-order valence-electron chi connectivity index (χ2n) is 3.02. The lowest BCUT2D eigenvalue weighted by Gasteiger charge is -2.05. The number of aryl methyl sites for hydroxylation is 1. The van der Waals surface area contributed by atoms with Gasteiger partial charge in [0.05, 0.1) is 0 Å². The fourth-order valence-corrected chi connectivity index (χ4v) is 1.33. The number of aromatic nitrogens is 2. The van der Waals surface area contributed by atoms with Crippen LogP contribution in [0.5, 0.6) is 0 Å². The molecular formula is C8H15N3. The normalized spacial score (nSPS) is 10.6. The highest BCUT2D eigenvalue weighted by Crippen LogP contribution is 2.24. The van der Waals surface area contributed by atoms with Crippen LogP contribution in [0, 0.1) is 6.92 Å². The molecule has 0 amide bonds. The number of nitrogens with zero attached hydrogens (tertiary/aromatic N) is 1. The zero-order chi connectivity index (χ0) is 8.43. The second-order valence-corrected chi connectivity index (χ2v) is 3.02. The van der Waals surface area contributed by atoms with Crippen LogP contribution in [0.3, 0.4) is 0 Å². The number of hydrogen-bond acceptors (Lipinski definition) is 2. The molecule has 1 rings (SSSR count). The van der Waals surface area contributed by atoms with Gasteiger partial charge in [-0.05, 0) is 12.8 Å². The highest BCUT2D eigenvalue weighted by atomic mass is 15.2. The van der Waals surface area contributed by atoms with E-state index in [-0.39, 0.29) is 0 Å². The van der Waals surface area contributed by atoms with Crippen molar-refractivity contribution < 1.29 is 0 Å². The molecule has 11 heavy (non-hydrogen) atoms. The Bertz CT molecular complexity index is 237. The van der Waals surface area contributed by atoms with Crippen LogP contribution in [-0.4, -0.2) is 17.2 Å². The SMILES string of the molecule is CNc1n[nH]c(C)c1C(C)C. The summed E-state index contributed by atoms with van der Waals surface area (Å²) >= 11 is 0. The fourth-order valence-electron chi connectivity index (χ4n) is 1.33. The molecule has 62 valence electrons. The molecule has 3 heteroatoms. The van der Waals surface area contributed by atoms with Crippen LogP contribution < -0.4 is 5.32 Å². The Labute approximate surface area is 67.2 Å². The van der Waals surface area contributed by atoms with Crippen molar-refractivity contribution >= 4 is 5.82 Å². The Balaban J connectivity index is 3.07. The lowest BCUT2D eigenvalue weighted by atomic mass is 10.0. The van der Waals surface area contributed by atoms with Gasteiger partial charge in [0.25, 0.3) is 0 Å². The molecule has 0 saturated carbocycles. The number of hydrogen-bond donors (Lipinski definition) is 2. The van der Waals surface area contributed by atoms with Crippen LogP contribution in [0.1, 0.15) is 31.0 Å². The van der Waals surface area contributed by atoms with Crippen LogP contribution >= 0.6 is 0 Å². The van der Waals surface area contributed by atoms with E-state index in [4.69, 9.17) is 0 Å². The van der Waals surface area contributed by atoms with Crippen molar-refractivity contribution in [2.24, 2.45) is 0 Å². The molecule has 0 saturated heterocycles. The summed E-state index contributed by atoms with van der Waals surface area (Å²) < 4.78 is 0. The largest absolute Gasteiger partial charge is 0.371 e. The van der Waals surface area contributed by atoms with E-state index < -0.39 is 0 Å². The Morgan fingerprint density at radius 3 is 2.45 bits per heavy atom. The van der Waals surface area contributed by atoms with Gasteiger partial charge in [-0.15, -0.1) is 0 Å². The van der Waals surface area contributed by atoms with Crippen molar-refractivity contribution in [3.63, 3.8) is 0 Å². The smallest absolute Gasteiger partial charge is 0.151 e. The van der Waals surface area contributed by atoms with Gasteiger partial charge in [0.1, 0.15) is 0 Å². The van der Waals surface area contributed by atoms with E-state index in [1.165, 1.54) is 5.56 Å². The molecule has 1 aromatic heterocycles. The van der Waals surface area contributed by atoms with Crippen LogP contribution in [0.4, 0.5) is 5.82 Å². The molecule has 1 heterocycles. The number of anilines is 1. The predicted molar refractivity (Wildman–Crippen MR) is 47.0 cm³/mol. The van der Waals surface area contributed by atoms with Crippen LogP contribution in [0.2, 0.25) is 0 Å². The molecule has 1 aromatic rings. The fraction of sp³-hybridized carbons (Fsp3) is 0.625. The monoisotopic (exact) mass is 153 g/mol. The molecule has 0 atom stereocenters. The molecule has 2 N–H and O–H groups in total. The summed E-state index contributed by atoms with van der Waals surface area (Å²) in [7, 11) is 1.89. The van der Waals surface area contributed by atoms with Gasteiger partial charge >= 0.3 is 0 Å². The maximum atomic E-state index is 4.12. The second kappa shape index (κ2) is 2.95. The third-order valence-electron chi connectivity index (χ3n) is 1.81. The first-order valence-electron chi connectivity index (χ1n) is 3.89. The first-order valence-corrected chi connectivity index (χ1v) is 3.89. The first-order chi connectivity index (χ1) is 5.16. The van der Waals surface area contributed by atoms with Gasteiger partial charge in [-0.2, -0.15) is 5.10 Å². The zero-order valence-electron chi connectivity index (χ0n) is 7.52. The van der Waals surface area contributed by atoms with Crippen molar-refractivity contribution in [3.05, 3.63) is 11.3 Å². The summed E-state index contributed by atoms with van der Waals surface area (Å²) in [5, 5.41) is 10.1. The molecule has 0 aliphatic carbocycles. The maximum Gasteiger partial charge on any atom is 0.151 e. The third kappa shape index (κ3) is 1.37. The molecule has 0 aromatic carbocycles. The number of aromatic amines is 1. The van der Waals surface area contributed by atoms with Crippen molar-refractivity contribution in [2.45, 2.75) is 26.7 Å². The molecule has 0 fully saturated rings. The quantitative estimate of drug-likeness (QED) is 0.681. The summed E-state index contributed by atoms with van der Waals surface area (Å²) in [6.45, 7) is 6.38. The third-order valence-corrected chi connectivity index (χ3v) is 1.81. The summed E-state index contributed by atoms with van der Waals surface area (Å²) in [5.41, 5.74) is 2.44. The van der Waals surface area contributed by atoms with Gasteiger partial charge in [0.2, 0.25) is 0 Å². The Morgan fingerprint density at radius 1 is 1.45 bits per heavy atom. The minimum Gasteiger partial charge on any atom is -0.371 e. The predicted octanol–water partition coefficient (Wildman–Crippen LogP) is 1.88. The first kappa shape index (κ1) is 8.11. The summed E-state index contributed by atoms with van der Waals surface area (Å²) in [6, 6.07) is 0. The van der Waals surface area contributed by atoms with Crippen molar-refractivity contribution in [1.82, 2.24) is 10.2 Å². The average Bonchev–Trinajstić information content (AvgIpc) is 2.30. The lowest BCUT2D eigenvalue weighted by molar-refractivity contribution is 0.858. The van der Waals surface area contributed by atoms with Crippen molar-refractivity contribution in [2.75, 3.05) is 12.4 Å². The zero-order valence-corrected chi connectivity index (χ0v) is 7.52. The molecule has 0 bridgehead atoms. The number of nitrogens with one attached hydrogen (secondary N) is 2. The highest BCUT2D eigenvalue weighted by Gasteiger charge is 2.11. The van der Waals surface area contributed by atoms with Crippen LogP contribution in [0.25, 0.3) is 0 Å². The molecule has 3 nitrogen and oxygen atoms in total. The summed E-state index contributed by atoms with van der Waals surface area (Å²) in [6.07, 6.45) is 0. The minimum atomic E-state index is 0.524. The number of H-pyrrole nitrogens is 1.